The second kappa shape index (κ2) is 12.4. The van der Waals surface area contributed by atoms with E-state index in [1.807, 2.05) is 0 Å². The minimum atomic E-state index is -2.80. The van der Waals surface area contributed by atoms with Gasteiger partial charge in [0.25, 0.3) is 12.3 Å². The number of alkyl halides is 4. The molecule has 2 aromatic heterocycles. The Balaban J connectivity index is 2.24. The summed E-state index contributed by atoms with van der Waals surface area (Å²) in [6.07, 6.45) is -1.45. The number of carbonyl (C=O) groups excluding carboxylic acids is 1. The van der Waals surface area contributed by atoms with Gasteiger partial charge < -0.3 is 15.8 Å². The third-order valence-corrected chi connectivity index (χ3v) is 7.75. The van der Waals surface area contributed by atoms with Gasteiger partial charge in [-0.05, 0) is 32.4 Å². The number of anilines is 1. The fourth-order valence-electron chi connectivity index (χ4n) is 3.34. The van der Waals surface area contributed by atoms with Crippen molar-refractivity contribution in [3.63, 3.8) is 0 Å². The van der Waals surface area contributed by atoms with E-state index < -0.39 is 31.3 Å². The average Bonchev–Trinajstić information content (AvgIpc) is 3.03. The molecule has 0 aliphatic carbocycles. The molecule has 12 heteroatoms. The van der Waals surface area contributed by atoms with Crippen molar-refractivity contribution < 1.29 is 18.3 Å². The van der Waals surface area contributed by atoms with Gasteiger partial charge in [-0.15, -0.1) is 23.2 Å². The van der Waals surface area contributed by atoms with Gasteiger partial charge in [-0.2, -0.15) is 5.10 Å². The molecule has 0 bridgehead atoms. The second-order valence-corrected chi connectivity index (χ2v) is 16.4. The largest absolute Gasteiger partial charge is 0.360 e. The Hall–Kier alpha value is -1.85. The van der Waals surface area contributed by atoms with E-state index in [1.165, 1.54) is 6.20 Å². The lowest BCUT2D eigenvalue weighted by Gasteiger charge is -2.16. The predicted octanol–water partition coefficient (Wildman–Crippen LogP) is 5.83. The number of hydrogen-bond donors (Lipinski definition) is 2. The number of aromatic nitrogens is 3. The van der Waals surface area contributed by atoms with Crippen molar-refractivity contribution in [2.75, 3.05) is 11.9 Å². The Labute approximate surface area is 216 Å². The molecule has 194 valence electrons. The third kappa shape index (κ3) is 8.35. The highest BCUT2D eigenvalue weighted by Crippen LogP contribution is 2.35. The van der Waals surface area contributed by atoms with Crippen LogP contribution in [0.3, 0.4) is 0 Å². The van der Waals surface area contributed by atoms with Crippen LogP contribution >= 0.6 is 23.2 Å². The van der Waals surface area contributed by atoms with Gasteiger partial charge in [0.2, 0.25) is 0 Å². The first-order valence-corrected chi connectivity index (χ1v) is 15.7. The molecule has 0 unspecified atom stereocenters. The first-order chi connectivity index (χ1) is 16.2. The molecule has 1 atom stereocenters. The van der Waals surface area contributed by atoms with Gasteiger partial charge in [-0.3, -0.25) is 4.79 Å². The summed E-state index contributed by atoms with van der Waals surface area (Å²) in [5.74, 6) is -0.639. The lowest BCUT2D eigenvalue weighted by atomic mass is 10.00. The van der Waals surface area contributed by atoms with Crippen LogP contribution < -0.4 is 11.1 Å². The van der Waals surface area contributed by atoms with Gasteiger partial charge in [0.05, 0.1) is 5.69 Å². The van der Waals surface area contributed by atoms with E-state index in [0.717, 1.165) is 12.1 Å². The van der Waals surface area contributed by atoms with Crippen molar-refractivity contribution >= 4 is 43.0 Å². The van der Waals surface area contributed by atoms with E-state index in [2.05, 4.69) is 41.6 Å². The van der Waals surface area contributed by atoms with Crippen LogP contribution in [-0.4, -0.2) is 46.2 Å². The first kappa shape index (κ1) is 29.4. The molecule has 2 aromatic rings. The lowest BCUT2D eigenvalue weighted by Crippen LogP contribution is -2.30. The number of carbonyl (C=O) groups is 1. The van der Waals surface area contributed by atoms with Crippen molar-refractivity contribution in [3.05, 3.63) is 41.4 Å². The number of amides is 1. The Bertz CT molecular complexity index is 1060. The number of rotatable bonds is 12. The summed E-state index contributed by atoms with van der Waals surface area (Å²) in [5, 5.41) is 6.95. The molecule has 2 rings (SSSR count). The number of ether oxygens (including phenoxy) is 1. The first-order valence-electron chi connectivity index (χ1n) is 11.1. The van der Waals surface area contributed by atoms with Crippen molar-refractivity contribution in [1.82, 2.24) is 14.8 Å². The SMILES string of the molecule is C=C(C[C@H](N)C(Cl)Cl)C(=O)Nc1cc(C(F)F)c(-c2c(C)nn(COCC[Si](C)(C)C)c2C)cn1. The molecule has 1 amide bonds. The zero-order valence-electron chi connectivity index (χ0n) is 20.7. The highest BCUT2D eigenvalue weighted by molar-refractivity contribution is 6.76. The summed E-state index contributed by atoms with van der Waals surface area (Å²) >= 11 is 11.4. The van der Waals surface area contributed by atoms with Gasteiger partial charge in [-0.1, -0.05) is 26.2 Å². The summed E-state index contributed by atoms with van der Waals surface area (Å²) in [4.78, 5) is 15.7. The minimum absolute atomic E-state index is 0.0329. The molecular weight excluding hydrogens is 515 g/mol. The number of nitrogens with zero attached hydrogens (tertiary/aromatic N) is 3. The molecule has 35 heavy (non-hydrogen) atoms. The zero-order chi connectivity index (χ0) is 26.5. The molecule has 2 heterocycles. The average molecular weight is 549 g/mol. The van der Waals surface area contributed by atoms with E-state index in [9.17, 15) is 13.6 Å². The quantitative estimate of drug-likeness (QED) is 0.151. The molecule has 3 N–H and O–H groups in total. The van der Waals surface area contributed by atoms with Gasteiger partial charge in [0.1, 0.15) is 17.4 Å². The van der Waals surface area contributed by atoms with Crippen LogP contribution in [-0.2, 0) is 16.3 Å². The molecule has 0 saturated heterocycles. The number of nitrogens with two attached hydrogens (primary N) is 1. The van der Waals surface area contributed by atoms with Crippen molar-refractivity contribution in [3.8, 4) is 11.1 Å². The molecule has 7 nitrogen and oxygen atoms in total. The summed E-state index contributed by atoms with van der Waals surface area (Å²) in [7, 11) is -1.22. The van der Waals surface area contributed by atoms with E-state index >= 15 is 0 Å². The highest BCUT2D eigenvalue weighted by Gasteiger charge is 2.23. The summed E-state index contributed by atoms with van der Waals surface area (Å²) in [6, 6.07) is 1.48. The molecule has 0 saturated carbocycles. The standard InChI is InChI=1S/C23H33Cl2F2N5O2Si/c1-13(9-18(28)21(24)25)23(33)30-19-10-16(22(26)27)17(11-29-19)20-14(2)31-32(15(20)3)12-34-7-8-35(4,5)6/h10-11,18,21-22H,1,7-9,12,28H2,2-6H3,(H,29,30,33)/t18-/m0/s1. The molecular formula is C23H33Cl2F2N5O2Si. The molecule has 0 spiro atoms. The van der Waals surface area contributed by atoms with Crippen LogP contribution in [0.2, 0.25) is 25.7 Å². The van der Waals surface area contributed by atoms with E-state index in [1.54, 1.807) is 18.5 Å². The Morgan fingerprint density at radius 3 is 2.54 bits per heavy atom. The summed E-state index contributed by atoms with van der Waals surface area (Å²) in [5.41, 5.74) is 7.66. The molecule has 0 radical (unpaired) electrons. The highest BCUT2D eigenvalue weighted by atomic mass is 35.5. The Kier molecular flexibility index (Phi) is 10.4. The third-order valence-electron chi connectivity index (χ3n) is 5.40. The molecule has 0 fully saturated rings. The van der Waals surface area contributed by atoms with E-state index in [-0.39, 0.29) is 35.7 Å². The minimum Gasteiger partial charge on any atom is -0.360 e. The van der Waals surface area contributed by atoms with Crippen LogP contribution in [0.15, 0.2) is 24.4 Å². The number of pyridine rings is 1. The predicted molar refractivity (Wildman–Crippen MR) is 140 cm³/mol. The van der Waals surface area contributed by atoms with Gasteiger partial charge in [0, 0.05) is 54.9 Å². The second-order valence-electron chi connectivity index (χ2n) is 9.61. The van der Waals surface area contributed by atoms with Crippen LogP contribution in [0.4, 0.5) is 14.6 Å². The fourth-order valence-corrected chi connectivity index (χ4v) is 4.28. The summed E-state index contributed by atoms with van der Waals surface area (Å²) in [6.45, 7) is 14.9. The Morgan fingerprint density at radius 2 is 1.97 bits per heavy atom. The number of halogens is 4. The number of nitrogens with one attached hydrogen (secondary N) is 1. The smallest absolute Gasteiger partial charge is 0.264 e. The maximum Gasteiger partial charge on any atom is 0.264 e. The Morgan fingerprint density at radius 1 is 1.31 bits per heavy atom. The molecule has 0 aliphatic heterocycles. The molecule has 0 aromatic carbocycles. The van der Waals surface area contributed by atoms with Gasteiger partial charge in [-0.25, -0.2) is 18.4 Å². The molecule has 0 aliphatic rings. The normalized spacial score (nSPS) is 12.9. The monoisotopic (exact) mass is 547 g/mol. The van der Waals surface area contributed by atoms with Gasteiger partial charge >= 0.3 is 0 Å². The fraction of sp³-hybridized carbons (Fsp3) is 0.522. The summed E-state index contributed by atoms with van der Waals surface area (Å²) < 4.78 is 35.5. The van der Waals surface area contributed by atoms with Crippen molar-refractivity contribution in [2.45, 2.75) is 70.0 Å². The van der Waals surface area contributed by atoms with Crippen molar-refractivity contribution in [1.29, 1.82) is 0 Å². The van der Waals surface area contributed by atoms with Crippen LogP contribution in [0.1, 0.15) is 29.8 Å². The number of hydrogen-bond acceptors (Lipinski definition) is 5. The van der Waals surface area contributed by atoms with E-state index in [0.29, 0.717) is 23.6 Å². The van der Waals surface area contributed by atoms with Crippen molar-refractivity contribution in [2.24, 2.45) is 5.73 Å². The zero-order valence-corrected chi connectivity index (χ0v) is 23.2. The maximum absolute atomic E-state index is 14.0. The maximum atomic E-state index is 14.0. The van der Waals surface area contributed by atoms with E-state index in [4.69, 9.17) is 33.7 Å². The number of aryl methyl sites for hydroxylation is 1. The van der Waals surface area contributed by atoms with Gasteiger partial charge in [0.15, 0.2) is 0 Å². The lowest BCUT2D eigenvalue weighted by molar-refractivity contribution is -0.113. The van der Waals surface area contributed by atoms with Crippen LogP contribution in [0, 0.1) is 13.8 Å². The topological polar surface area (TPSA) is 95.1 Å². The van der Waals surface area contributed by atoms with Crippen LogP contribution in [0.5, 0.6) is 0 Å². The van der Waals surface area contributed by atoms with Crippen LogP contribution in [0.25, 0.3) is 11.1 Å².